The summed E-state index contributed by atoms with van der Waals surface area (Å²) in [4.78, 5) is 27.3. The third kappa shape index (κ3) is 3.70. The number of amides is 3. The first-order valence-corrected chi connectivity index (χ1v) is 8.72. The largest absolute Gasteiger partial charge is 0.371 e. The molecule has 1 aromatic rings. The average molecular weight is 330 g/mol. The van der Waals surface area contributed by atoms with Crippen molar-refractivity contribution in [2.24, 2.45) is 11.7 Å². The summed E-state index contributed by atoms with van der Waals surface area (Å²) in [5.41, 5.74) is 7.85. The lowest BCUT2D eigenvalue weighted by Crippen LogP contribution is -2.51. The van der Waals surface area contributed by atoms with Crippen molar-refractivity contribution < 1.29 is 9.59 Å². The maximum atomic E-state index is 11.9. The van der Waals surface area contributed by atoms with E-state index in [1.165, 1.54) is 11.3 Å². The first kappa shape index (κ1) is 16.8. The molecule has 0 radical (unpaired) electrons. The summed E-state index contributed by atoms with van der Waals surface area (Å²) in [7, 11) is 0. The number of piperidine rings is 1. The summed E-state index contributed by atoms with van der Waals surface area (Å²) in [6.45, 7) is 5.79. The molecule has 2 aliphatic rings. The van der Waals surface area contributed by atoms with Gasteiger partial charge in [0.25, 0.3) is 0 Å². The summed E-state index contributed by atoms with van der Waals surface area (Å²) in [6, 6.07) is 7.56. The maximum Gasteiger partial charge on any atom is 0.318 e. The first-order valence-electron chi connectivity index (χ1n) is 8.72. The van der Waals surface area contributed by atoms with E-state index >= 15 is 0 Å². The summed E-state index contributed by atoms with van der Waals surface area (Å²) >= 11 is 0. The Labute approximate surface area is 143 Å². The van der Waals surface area contributed by atoms with Gasteiger partial charge in [0.1, 0.15) is 0 Å². The van der Waals surface area contributed by atoms with Gasteiger partial charge in [0.2, 0.25) is 5.91 Å². The van der Waals surface area contributed by atoms with Crippen molar-refractivity contribution >= 4 is 17.6 Å². The molecule has 130 valence electrons. The van der Waals surface area contributed by atoms with Crippen LogP contribution in [0.15, 0.2) is 24.3 Å². The average Bonchev–Trinajstić information content (AvgIpc) is 2.97. The fourth-order valence-electron chi connectivity index (χ4n) is 3.82. The maximum absolute atomic E-state index is 11.9. The van der Waals surface area contributed by atoms with Gasteiger partial charge in [0.15, 0.2) is 0 Å². The number of fused-ring (bicyclic) bond motifs is 1. The van der Waals surface area contributed by atoms with E-state index in [9.17, 15) is 9.59 Å². The van der Waals surface area contributed by atoms with Crippen molar-refractivity contribution in [3.8, 4) is 0 Å². The van der Waals surface area contributed by atoms with E-state index in [2.05, 4.69) is 39.4 Å². The van der Waals surface area contributed by atoms with Crippen molar-refractivity contribution in [1.29, 1.82) is 0 Å². The molecule has 2 aliphatic heterocycles. The van der Waals surface area contributed by atoms with Crippen LogP contribution in [0, 0.1) is 5.92 Å². The lowest BCUT2D eigenvalue weighted by atomic mass is 9.95. The summed E-state index contributed by atoms with van der Waals surface area (Å²) in [6.07, 6.45) is 3.29. The Bertz CT molecular complexity index is 611. The zero-order valence-corrected chi connectivity index (χ0v) is 14.2. The number of nitrogens with one attached hydrogen (secondary N) is 1. The molecule has 0 unspecified atom stereocenters. The Morgan fingerprint density at radius 2 is 1.96 bits per heavy atom. The highest BCUT2D eigenvalue weighted by atomic mass is 16.2. The van der Waals surface area contributed by atoms with Crippen LogP contribution < -0.4 is 16.0 Å². The van der Waals surface area contributed by atoms with Gasteiger partial charge in [-0.25, -0.2) is 4.79 Å². The molecular weight excluding hydrogens is 304 g/mol. The van der Waals surface area contributed by atoms with Crippen molar-refractivity contribution in [3.63, 3.8) is 0 Å². The van der Waals surface area contributed by atoms with E-state index in [0.29, 0.717) is 5.92 Å². The number of primary amides is 1. The van der Waals surface area contributed by atoms with Crippen LogP contribution in [-0.4, -0.2) is 49.1 Å². The van der Waals surface area contributed by atoms with Gasteiger partial charge in [-0.1, -0.05) is 18.2 Å². The van der Waals surface area contributed by atoms with Crippen molar-refractivity contribution in [1.82, 2.24) is 10.2 Å². The van der Waals surface area contributed by atoms with Crippen LogP contribution >= 0.6 is 0 Å². The number of carbonyl (C=O) groups excluding carboxylic acids is 2. The Balaban J connectivity index is 1.49. The molecule has 0 aliphatic carbocycles. The Kier molecular flexibility index (Phi) is 5.04. The van der Waals surface area contributed by atoms with E-state index in [1.54, 1.807) is 0 Å². The molecule has 3 amide bonds. The molecule has 1 atom stereocenters. The monoisotopic (exact) mass is 330 g/mol. The van der Waals surface area contributed by atoms with Crippen molar-refractivity contribution in [2.45, 2.75) is 32.2 Å². The summed E-state index contributed by atoms with van der Waals surface area (Å²) < 4.78 is 0. The van der Waals surface area contributed by atoms with Crippen molar-refractivity contribution in [3.05, 3.63) is 29.8 Å². The number of benzene rings is 1. The van der Waals surface area contributed by atoms with Crippen LogP contribution in [0.5, 0.6) is 0 Å². The second-order valence-electron chi connectivity index (χ2n) is 6.83. The van der Waals surface area contributed by atoms with Crippen LogP contribution in [-0.2, 0) is 11.2 Å². The Hall–Kier alpha value is -2.08. The van der Waals surface area contributed by atoms with Crippen LogP contribution in [0.4, 0.5) is 10.5 Å². The third-order valence-electron chi connectivity index (χ3n) is 5.28. The molecule has 0 spiro atoms. The predicted octanol–water partition coefficient (Wildman–Crippen LogP) is 1.34. The number of rotatable bonds is 4. The number of nitrogens with two attached hydrogens (primary N) is 1. The topological polar surface area (TPSA) is 78.7 Å². The molecule has 1 fully saturated rings. The number of carbonyl (C=O) groups is 2. The van der Waals surface area contributed by atoms with Gasteiger partial charge in [0.05, 0.1) is 6.04 Å². The van der Waals surface area contributed by atoms with E-state index in [4.69, 9.17) is 5.73 Å². The molecule has 0 bridgehead atoms. The van der Waals surface area contributed by atoms with E-state index in [-0.39, 0.29) is 11.9 Å². The van der Waals surface area contributed by atoms with E-state index in [1.807, 2.05) is 6.92 Å². The summed E-state index contributed by atoms with van der Waals surface area (Å²) in [5.74, 6) is 0.341. The van der Waals surface area contributed by atoms with Gasteiger partial charge in [-0.15, -0.1) is 0 Å². The third-order valence-corrected chi connectivity index (χ3v) is 5.28. The molecule has 0 aromatic heterocycles. The standard InChI is InChI=1S/C18H26N4O2/c1-13(17(23)20-18(19)24)21-9-6-14(7-10-21)12-22-11-8-15-4-2-3-5-16(15)22/h2-5,13-14H,6-12H2,1H3,(H3,19,20,23,24)/t13-/m0/s1. The van der Waals surface area contributed by atoms with Crippen LogP contribution in [0.25, 0.3) is 0 Å². The van der Waals surface area contributed by atoms with Gasteiger partial charge < -0.3 is 10.6 Å². The number of para-hydroxylation sites is 1. The predicted molar refractivity (Wildman–Crippen MR) is 93.8 cm³/mol. The molecular formula is C18H26N4O2. The number of imide groups is 1. The van der Waals surface area contributed by atoms with Gasteiger partial charge in [-0.3, -0.25) is 15.0 Å². The number of urea groups is 1. The smallest absolute Gasteiger partial charge is 0.318 e. The highest BCUT2D eigenvalue weighted by molar-refractivity contribution is 5.96. The number of anilines is 1. The second kappa shape index (κ2) is 7.21. The zero-order chi connectivity index (χ0) is 17.1. The van der Waals surface area contributed by atoms with Gasteiger partial charge in [-0.05, 0) is 56.8 Å². The molecule has 6 heteroatoms. The molecule has 3 N–H and O–H groups in total. The number of hydrogen-bond acceptors (Lipinski definition) is 4. The first-order chi connectivity index (χ1) is 11.5. The molecule has 24 heavy (non-hydrogen) atoms. The van der Waals surface area contributed by atoms with Crippen LogP contribution in [0.1, 0.15) is 25.3 Å². The van der Waals surface area contributed by atoms with E-state index in [0.717, 1.165) is 45.4 Å². The van der Waals surface area contributed by atoms with Crippen LogP contribution in [0.2, 0.25) is 0 Å². The second-order valence-corrected chi connectivity index (χ2v) is 6.83. The highest BCUT2D eigenvalue weighted by Crippen LogP contribution is 2.30. The number of likely N-dealkylation sites (tertiary alicyclic amines) is 1. The zero-order valence-electron chi connectivity index (χ0n) is 14.2. The molecule has 1 aromatic carbocycles. The summed E-state index contributed by atoms with van der Waals surface area (Å²) in [5, 5.41) is 2.17. The van der Waals surface area contributed by atoms with Gasteiger partial charge >= 0.3 is 6.03 Å². The fourth-order valence-corrected chi connectivity index (χ4v) is 3.82. The molecule has 6 nitrogen and oxygen atoms in total. The number of nitrogens with zero attached hydrogens (tertiary/aromatic N) is 2. The number of hydrogen-bond donors (Lipinski definition) is 2. The lowest BCUT2D eigenvalue weighted by Gasteiger charge is -2.36. The lowest BCUT2D eigenvalue weighted by molar-refractivity contribution is -0.125. The highest BCUT2D eigenvalue weighted by Gasteiger charge is 2.29. The quantitative estimate of drug-likeness (QED) is 0.873. The van der Waals surface area contributed by atoms with Crippen LogP contribution in [0.3, 0.4) is 0 Å². The minimum Gasteiger partial charge on any atom is -0.371 e. The fraction of sp³-hybridized carbons (Fsp3) is 0.556. The minimum absolute atomic E-state index is 0.311. The molecule has 0 saturated carbocycles. The van der Waals surface area contributed by atoms with E-state index < -0.39 is 6.03 Å². The van der Waals surface area contributed by atoms with Gasteiger partial charge in [-0.2, -0.15) is 0 Å². The normalized spacial score (nSPS) is 19.8. The molecule has 3 rings (SSSR count). The Morgan fingerprint density at radius 1 is 1.25 bits per heavy atom. The minimum atomic E-state index is -0.783. The van der Waals surface area contributed by atoms with Crippen molar-refractivity contribution in [2.75, 3.05) is 31.1 Å². The molecule has 2 heterocycles. The SMILES string of the molecule is C[C@@H](C(=O)NC(N)=O)N1CCC(CN2CCc3ccccc32)CC1. The van der Waals surface area contributed by atoms with Gasteiger partial charge in [0, 0.05) is 18.8 Å². The Morgan fingerprint density at radius 3 is 2.67 bits per heavy atom. The molecule has 1 saturated heterocycles.